The van der Waals surface area contributed by atoms with Crippen molar-refractivity contribution in [2.24, 2.45) is 14.6 Å². The standard InChI is InChI=1S/C27H23ClN8O8S2/c1-12-8-16-17(9-13(12)2)33-26(38)23(31-16)21(27(39)44-3)22(34-35-25(37)14-4-6-30-7-5-14)24-32-18-10-15(28)19(45(29,40)41)11-20(18)46(42,43)36-24/h4-11,21H,1-3H3,(H,32,36)(H,33,38)(H,35,37)(H2,29,40,41)/b34-22-/t21-/m0/s1. The number of halogens is 1. The summed E-state index contributed by atoms with van der Waals surface area (Å²) in [6.07, 6.45) is 2.68. The van der Waals surface area contributed by atoms with Gasteiger partial charge in [-0.3, -0.25) is 19.4 Å². The molecule has 3 heterocycles. The first-order chi connectivity index (χ1) is 21.6. The summed E-state index contributed by atoms with van der Waals surface area (Å²) < 4.78 is 59.4. The van der Waals surface area contributed by atoms with Crippen LogP contribution in [0.15, 0.2) is 72.9 Å². The zero-order chi connectivity index (χ0) is 33.6. The van der Waals surface area contributed by atoms with Crippen LogP contribution < -0.4 is 21.4 Å². The van der Waals surface area contributed by atoms with Gasteiger partial charge in [0.15, 0.2) is 11.8 Å². The van der Waals surface area contributed by atoms with Crippen molar-refractivity contribution >= 4 is 71.8 Å². The molecule has 1 amide bonds. The fourth-order valence-electron chi connectivity index (χ4n) is 4.45. The highest BCUT2D eigenvalue weighted by Crippen LogP contribution is 2.35. The number of carbonyl (C=O) groups is 2. The number of fused-ring (bicyclic) bond motifs is 2. The Labute approximate surface area is 265 Å². The summed E-state index contributed by atoms with van der Waals surface area (Å²) >= 11 is 6.11. The summed E-state index contributed by atoms with van der Waals surface area (Å²) in [6, 6.07) is 7.78. The van der Waals surface area contributed by atoms with Crippen LogP contribution >= 0.6 is 11.6 Å². The molecule has 0 saturated heterocycles. The molecular formula is C27H23ClN8O8S2. The minimum Gasteiger partial charge on any atom is -0.468 e. The molecule has 1 atom stereocenters. The third-order valence-electron chi connectivity index (χ3n) is 6.86. The molecule has 19 heteroatoms. The number of hydrogen-bond donors (Lipinski definition) is 4. The summed E-state index contributed by atoms with van der Waals surface area (Å²) in [5.74, 6) is -4.41. The molecule has 0 radical (unpaired) electrons. The molecule has 0 spiro atoms. The van der Waals surface area contributed by atoms with Gasteiger partial charge in [0.1, 0.15) is 21.2 Å². The second-order valence-electron chi connectivity index (χ2n) is 9.90. The van der Waals surface area contributed by atoms with Crippen LogP contribution in [0.3, 0.4) is 0 Å². The molecule has 16 nitrogen and oxygen atoms in total. The van der Waals surface area contributed by atoms with Gasteiger partial charge in [-0.2, -0.15) is 13.5 Å². The molecule has 0 bridgehead atoms. The minimum absolute atomic E-state index is 0.0963. The number of carbonyl (C=O) groups excluding carboxylic acids is 2. The number of sulfonamides is 2. The van der Waals surface area contributed by atoms with E-state index in [0.29, 0.717) is 5.52 Å². The number of nitrogens with zero attached hydrogens (tertiary/aromatic N) is 4. The number of aryl methyl sites for hydroxylation is 2. The number of pyridine rings is 1. The highest BCUT2D eigenvalue weighted by Gasteiger charge is 2.39. The van der Waals surface area contributed by atoms with E-state index in [1.54, 1.807) is 12.1 Å². The Morgan fingerprint density at radius 1 is 1.11 bits per heavy atom. The molecule has 5 rings (SSSR count). The van der Waals surface area contributed by atoms with Crippen molar-refractivity contribution in [3.8, 4) is 0 Å². The highest BCUT2D eigenvalue weighted by atomic mass is 35.5. The summed E-state index contributed by atoms with van der Waals surface area (Å²) in [7, 11) is -8.17. The number of amides is 1. The van der Waals surface area contributed by atoms with Crippen LogP contribution in [0.5, 0.6) is 0 Å². The molecule has 5 N–H and O–H groups in total. The normalized spacial score (nSPS) is 14.9. The number of ether oxygens (including phenoxy) is 1. The Morgan fingerprint density at radius 2 is 1.78 bits per heavy atom. The summed E-state index contributed by atoms with van der Waals surface area (Å²) in [5, 5.41) is 11.4. The average Bonchev–Trinajstić information content (AvgIpc) is 2.98. The quantitative estimate of drug-likeness (QED) is 0.123. The highest BCUT2D eigenvalue weighted by molar-refractivity contribution is 7.91. The zero-order valence-electron chi connectivity index (χ0n) is 24.0. The number of amidine groups is 1. The lowest BCUT2D eigenvalue weighted by atomic mass is 9.97. The van der Waals surface area contributed by atoms with E-state index >= 15 is 0 Å². The lowest BCUT2D eigenvalue weighted by Gasteiger charge is -2.23. The van der Waals surface area contributed by atoms with Crippen molar-refractivity contribution in [2.75, 3.05) is 12.4 Å². The first-order valence-electron chi connectivity index (χ1n) is 13.0. The van der Waals surface area contributed by atoms with Crippen LogP contribution in [0.1, 0.15) is 33.1 Å². The number of rotatable bonds is 7. The van der Waals surface area contributed by atoms with E-state index < -0.39 is 75.5 Å². The Morgan fingerprint density at radius 3 is 2.43 bits per heavy atom. The van der Waals surface area contributed by atoms with Gasteiger partial charge in [-0.05, 0) is 61.4 Å². The minimum atomic E-state index is -4.74. The largest absolute Gasteiger partial charge is 0.468 e. The molecule has 0 saturated carbocycles. The maximum Gasteiger partial charge on any atom is 0.321 e. The number of hydrazone groups is 1. The van der Waals surface area contributed by atoms with Crippen molar-refractivity contribution in [1.82, 2.24) is 20.4 Å². The Hall–Kier alpha value is -5.04. The molecule has 2 aromatic heterocycles. The topological polar surface area (TPSA) is 245 Å². The number of nitrogens with two attached hydrogens (primary N) is 1. The van der Waals surface area contributed by atoms with E-state index in [4.69, 9.17) is 21.5 Å². The number of primary sulfonamides is 1. The predicted octanol–water partition coefficient (Wildman–Crippen LogP) is 1.49. The summed E-state index contributed by atoms with van der Waals surface area (Å²) in [5.41, 5.74) is 2.46. The van der Waals surface area contributed by atoms with Gasteiger partial charge in [0, 0.05) is 18.0 Å². The van der Waals surface area contributed by atoms with Crippen LogP contribution in [0.25, 0.3) is 11.0 Å². The van der Waals surface area contributed by atoms with E-state index in [2.05, 4.69) is 35.2 Å². The SMILES string of the molecule is COC(=O)[C@@H](/C(=N/NC(=O)c1ccncc1)C1=NS(=O)(=O)c2cc(S(N)(=O)=O)c(Cl)cc2N1)c1nc2cc(C)c(C)cc2[nH]c1=O. The monoisotopic (exact) mass is 686 g/mol. The number of nitrogens with one attached hydrogen (secondary N) is 3. The Kier molecular flexibility index (Phi) is 8.47. The number of H-pyrrole nitrogens is 1. The van der Waals surface area contributed by atoms with Gasteiger partial charge in [0.05, 0.1) is 28.9 Å². The van der Waals surface area contributed by atoms with E-state index in [1.165, 1.54) is 24.5 Å². The Balaban J connectivity index is 1.74. The molecule has 0 unspecified atom stereocenters. The number of hydrogen-bond acceptors (Lipinski definition) is 12. The molecule has 0 aliphatic carbocycles. The number of aromatic nitrogens is 3. The fraction of sp³-hybridized carbons (Fsp3) is 0.148. The van der Waals surface area contributed by atoms with Gasteiger partial charge in [0.25, 0.3) is 21.5 Å². The first-order valence-corrected chi connectivity index (χ1v) is 16.3. The predicted molar refractivity (Wildman–Crippen MR) is 167 cm³/mol. The van der Waals surface area contributed by atoms with E-state index in [1.807, 2.05) is 13.8 Å². The van der Waals surface area contributed by atoms with Crippen LogP contribution in [-0.2, 0) is 29.6 Å². The van der Waals surface area contributed by atoms with Crippen LogP contribution in [0.4, 0.5) is 5.69 Å². The lowest BCUT2D eigenvalue weighted by Crippen LogP contribution is -2.40. The van der Waals surface area contributed by atoms with Gasteiger partial charge in [-0.25, -0.2) is 24.0 Å². The number of aromatic amines is 1. The van der Waals surface area contributed by atoms with E-state index in [0.717, 1.165) is 30.4 Å². The van der Waals surface area contributed by atoms with Gasteiger partial charge in [0.2, 0.25) is 10.0 Å². The van der Waals surface area contributed by atoms with Crippen molar-refractivity contribution < 1.29 is 31.2 Å². The smallest absolute Gasteiger partial charge is 0.321 e. The number of esters is 1. The maximum absolute atomic E-state index is 13.4. The summed E-state index contributed by atoms with van der Waals surface area (Å²) in [6.45, 7) is 3.65. The molecule has 1 aliphatic rings. The average molecular weight is 687 g/mol. The summed E-state index contributed by atoms with van der Waals surface area (Å²) in [4.78, 5) is 49.3. The second-order valence-corrected chi connectivity index (χ2v) is 13.4. The van der Waals surface area contributed by atoms with Gasteiger partial charge in [-0.1, -0.05) is 11.6 Å². The molecule has 46 heavy (non-hydrogen) atoms. The second kappa shape index (κ2) is 12.0. The maximum atomic E-state index is 13.4. The zero-order valence-corrected chi connectivity index (χ0v) is 26.4. The molecule has 238 valence electrons. The van der Waals surface area contributed by atoms with Crippen LogP contribution in [-0.4, -0.2) is 62.3 Å². The molecular weight excluding hydrogens is 664 g/mol. The van der Waals surface area contributed by atoms with Gasteiger partial charge >= 0.3 is 5.97 Å². The van der Waals surface area contributed by atoms with E-state index in [9.17, 15) is 31.2 Å². The van der Waals surface area contributed by atoms with Gasteiger partial charge < -0.3 is 15.0 Å². The van der Waals surface area contributed by atoms with Crippen molar-refractivity contribution in [3.63, 3.8) is 0 Å². The third-order valence-corrected chi connectivity index (χ3v) is 9.56. The first kappa shape index (κ1) is 32.4. The van der Waals surface area contributed by atoms with Crippen LogP contribution in [0, 0.1) is 13.8 Å². The third kappa shape index (κ3) is 6.23. The molecule has 4 aromatic rings. The number of methoxy groups -OCH3 is 1. The number of anilines is 1. The van der Waals surface area contributed by atoms with Gasteiger partial charge in [-0.15, -0.1) is 4.40 Å². The Bertz CT molecular complexity index is 2290. The van der Waals surface area contributed by atoms with Crippen LogP contribution in [0.2, 0.25) is 5.02 Å². The van der Waals surface area contributed by atoms with Crippen molar-refractivity contribution in [2.45, 2.75) is 29.6 Å². The lowest BCUT2D eigenvalue weighted by molar-refractivity contribution is -0.140. The number of benzene rings is 2. The van der Waals surface area contributed by atoms with Crippen molar-refractivity contribution in [1.29, 1.82) is 0 Å². The molecule has 0 fully saturated rings. The van der Waals surface area contributed by atoms with E-state index in [-0.39, 0.29) is 16.8 Å². The fourth-order valence-corrected chi connectivity index (χ4v) is 6.76. The molecule has 1 aliphatic heterocycles. The molecule has 2 aromatic carbocycles. The van der Waals surface area contributed by atoms with Crippen molar-refractivity contribution in [3.05, 3.63) is 86.6 Å².